The number of hydrogen-bond donors (Lipinski definition) is 1. The Hall–Kier alpha value is -1.77. The van der Waals surface area contributed by atoms with Crippen LogP contribution in [0.2, 0.25) is 0 Å². The number of aryl methyl sites for hydroxylation is 2. The van der Waals surface area contributed by atoms with E-state index in [0.717, 1.165) is 11.3 Å². The molecule has 1 N–H and O–H groups in total. The molecule has 0 unspecified atom stereocenters. The minimum absolute atomic E-state index is 0.224. The molecule has 1 aromatic rings. The Bertz CT molecular complexity index is 421. The third-order valence-electron chi connectivity index (χ3n) is 2.37. The molecule has 3 nitrogen and oxygen atoms in total. The Labute approximate surface area is 82.8 Å². The van der Waals surface area contributed by atoms with Crippen LogP contribution in [0.25, 0.3) is 5.70 Å². The van der Waals surface area contributed by atoms with Crippen LogP contribution in [0.15, 0.2) is 24.3 Å². The van der Waals surface area contributed by atoms with Crippen molar-refractivity contribution in [3.8, 4) is 0 Å². The molecule has 3 heteroatoms. The molecular weight excluding hydrogens is 176 g/mol. The van der Waals surface area contributed by atoms with Crippen molar-refractivity contribution in [1.29, 1.82) is 0 Å². The van der Waals surface area contributed by atoms with Crippen molar-refractivity contribution in [2.24, 2.45) is 0 Å². The first kappa shape index (κ1) is 8.81. The summed E-state index contributed by atoms with van der Waals surface area (Å²) in [6.45, 7) is 4.11. The molecule has 0 fully saturated rings. The first-order valence-electron chi connectivity index (χ1n) is 4.47. The van der Waals surface area contributed by atoms with E-state index >= 15 is 0 Å². The smallest absolute Gasteiger partial charge is 0.274 e. The summed E-state index contributed by atoms with van der Waals surface area (Å²) in [5, 5.41) is 0. The second kappa shape index (κ2) is 3.18. The second-order valence-electron chi connectivity index (χ2n) is 3.42. The standard InChI is InChI=1S/C11H11N2O/c1-7-3-4-9(5-8(7)2)10-6-11(14)13-12-10/h3-6,12H,1-2H3. The van der Waals surface area contributed by atoms with Gasteiger partial charge in [-0.05, 0) is 36.6 Å². The van der Waals surface area contributed by atoms with E-state index in [1.165, 1.54) is 17.2 Å². The van der Waals surface area contributed by atoms with Gasteiger partial charge >= 0.3 is 0 Å². The van der Waals surface area contributed by atoms with Crippen molar-refractivity contribution >= 4 is 11.6 Å². The molecule has 14 heavy (non-hydrogen) atoms. The second-order valence-corrected chi connectivity index (χ2v) is 3.42. The lowest BCUT2D eigenvalue weighted by Crippen LogP contribution is -2.18. The largest absolute Gasteiger partial charge is 0.288 e. The summed E-state index contributed by atoms with van der Waals surface area (Å²) in [5.41, 5.74) is 10.5. The molecule has 0 atom stereocenters. The Morgan fingerprint density at radius 2 is 2.00 bits per heavy atom. The average molecular weight is 187 g/mol. The van der Waals surface area contributed by atoms with Crippen LogP contribution in [0.4, 0.5) is 0 Å². The van der Waals surface area contributed by atoms with Gasteiger partial charge in [-0.1, -0.05) is 12.1 Å². The van der Waals surface area contributed by atoms with Crippen molar-refractivity contribution in [2.75, 3.05) is 0 Å². The van der Waals surface area contributed by atoms with E-state index in [4.69, 9.17) is 0 Å². The van der Waals surface area contributed by atoms with E-state index < -0.39 is 0 Å². The van der Waals surface area contributed by atoms with Gasteiger partial charge in [0.25, 0.3) is 5.91 Å². The Kier molecular flexibility index (Phi) is 2.00. The number of carbonyl (C=O) groups excluding carboxylic acids is 1. The quantitative estimate of drug-likeness (QED) is 0.720. The van der Waals surface area contributed by atoms with E-state index in [9.17, 15) is 4.79 Å². The molecular formula is C11H11N2O. The molecule has 2 rings (SSSR count). The van der Waals surface area contributed by atoms with Gasteiger partial charge in [-0.2, -0.15) is 0 Å². The fraction of sp³-hybridized carbons (Fsp3) is 0.182. The van der Waals surface area contributed by atoms with E-state index in [-0.39, 0.29) is 5.91 Å². The maximum absolute atomic E-state index is 10.9. The van der Waals surface area contributed by atoms with Gasteiger partial charge in [-0.3, -0.25) is 10.2 Å². The van der Waals surface area contributed by atoms with Crippen LogP contribution in [-0.2, 0) is 4.79 Å². The molecule has 0 aromatic heterocycles. The molecule has 0 spiro atoms. The van der Waals surface area contributed by atoms with Crippen molar-refractivity contribution in [1.82, 2.24) is 10.9 Å². The van der Waals surface area contributed by atoms with Gasteiger partial charge in [0.15, 0.2) is 0 Å². The highest BCUT2D eigenvalue weighted by Gasteiger charge is 2.13. The summed E-state index contributed by atoms with van der Waals surface area (Å²) >= 11 is 0. The number of benzene rings is 1. The number of rotatable bonds is 1. The van der Waals surface area contributed by atoms with Crippen LogP contribution in [0.5, 0.6) is 0 Å². The van der Waals surface area contributed by atoms with Gasteiger partial charge < -0.3 is 0 Å². The molecule has 1 amide bonds. The van der Waals surface area contributed by atoms with E-state index in [1.807, 2.05) is 25.1 Å². The average Bonchev–Trinajstić information content (AvgIpc) is 2.57. The van der Waals surface area contributed by atoms with Crippen LogP contribution in [0.3, 0.4) is 0 Å². The predicted octanol–water partition coefficient (Wildman–Crippen LogP) is 1.29. The van der Waals surface area contributed by atoms with Crippen LogP contribution in [-0.4, -0.2) is 5.91 Å². The van der Waals surface area contributed by atoms with Crippen molar-refractivity contribution < 1.29 is 4.79 Å². The lowest BCUT2D eigenvalue weighted by atomic mass is 10.0. The summed E-state index contributed by atoms with van der Waals surface area (Å²) in [5.74, 6) is -0.224. The molecule has 1 aliphatic heterocycles. The van der Waals surface area contributed by atoms with Gasteiger partial charge in [0, 0.05) is 6.08 Å². The van der Waals surface area contributed by atoms with Gasteiger partial charge in [0.05, 0.1) is 5.70 Å². The zero-order chi connectivity index (χ0) is 10.1. The number of nitrogens with zero attached hydrogens (tertiary/aromatic N) is 1. The van der Waals surface area contributed by atoms with Gasteiger partial charge in [0.2, 0.25) is 0 Å². The minimum atomic E-state index is -0.224. The van der Waals surface area contributed by atoms with Crippen molar-refractivity contribution in [3.63, 3.8) is 0 Å². The molecule has 1 aliphatic rings. The summed E-state index contributed by atoms with van der Waals surface area (Å²) in [6.07, 6.45) is 1.50. The lowest BCUT2D eigenvalue weighted by molar-refractivity contribution is -0.116. The predicted molar refractivity (Wildman–Crippen MR) is 54.2 cm³/mol. The van der Waals surface area contributed by atoms with Gasteiger partial charge in [-0.25, -0.2) is 0 Å². The Morgan fingerprint density at radius 3 is 2.57 bits per heavy atom. The maximum atomic E-state index is 10.9. The molecule has 71 valence electrons. The molecule has 0 saturated heterocycles. The fourth-order valence-electron chi connectivity index (χ4n) is 1.36. The van der Waals surface area contributed by atoms with E-state index in [1.54, 1.807) is 0 Å². The molecule has 1 aromatic carbocycles. The topological polar surface area (TPSA) is 43.2 Å². The highest BCUT2D eigenvalue weighted by Crippen LogP contribution is 2.17. The molecule has 0 bridgehead atoms. The van der Waals surface area contributed by atoms with Crippen molar-refractivity contribution in [3.05, 3.63) is 41.0 Å². The molecule has 1 heterocycles. The summed E-state index contributed by atoms with van der Waals surface area (Å²) in [4.78, 5) is 10.9. The summed E-state index contributed by atoms with van der Waals surface area (Å²) in [7, 11) is 0. The van der Waals surface area contributed by atoms with E-state index in [0.29, 0.717) is 0 Å². The first-order valence-corrected chi connectivity index (χ1v) is 4.47. The zero-order valence-corrected chi connectivity index (χ0v) is 8.16. The Balaban J connectivity index is 2.38. The van der Waals surface area contributed by atoms with Crippen LogP contribution in [0, 0.1) is 13.8 Å². The first-order chi connectivity index (χ1) is 6.66. The van der Waals surface area contributed by atoms with Crippen LogP contribution < -0.4 is 10.9 Å². The fourth-order valence-corrected chi connectivity index (χ4v) is 1.36. The van der Waals surface area contributed by atoms with Gasteiger partial charge in [0.1, 0.15) is 0 Å². The lowest BCUT2D eigenvalue weighted by Gasteiger charge is -2.05. The number of amides is 1. The normalized spacial score (nSPS) is 14.7. The molecule has 0 aliphatic carbocycles. The zero-order valence-electron chi connectivity index (χ0n) is 8.16. The highest BCUT2D eigenvalue weighted by molar-refractivity contribution is 5.98. The molecule has 1 radical (unpaired) electrons. The molecule has 0 saturated carbocycles. The van der Waals surface area contributed by atoms with Crippen LogP contribution in [0.1, 0.15) is 16.7 Å². The maximum Gasteiger partial charge on any atom is 0.288 e. The van der Waals surface area contributed by atoms with Gasteiger partial charge in [-0.15, -0.1) is 5.43 Å². The van der Waals surface area contributed by atoms with Crippen LogP contribution >= 0.6 is 0 Å². The van der Waals surface area contributed by atoms with E-state index in [2.05, 4.69) is 17.8 Å². The summed E-state index contributed by atoms with van der Waals surface area (Å²) in [6, 6.07) is 6.06. The third-order valence-corrected chi connectivity index (χ3v) is 2.37. The SMILES string of the molecule is Cc1ccc(C2=CC(=O)[N]N2)cc1C. The minimum Gasteiger partial charge on any atom is -0.274 e. The third kappa shape index (κ3) is 1.48. The Morgan fingerprint density at radius 1 is 1.21 bits per heavy atom. The number of hydrogen-bond acceptors (Lipinski definition) is 2. The monoisotopic (exact) mass is 187 g/mol. The number of nitrogens with one attached hydrogen (secondary N) is 1. The van der Waals surface area contributed by atoms with Crippen molar-refractivity contribution in [2.45, 2.75) is 13.8 Å². The number of carbonyl (C=O) groups is 1. The highest BCUT2D eigenvalue weighted by atomic mass is 16.2. The summed E-state index contributed by atoms with van der Waals surface area (Å²) < 4.78 is 0.